The molecule has 0 fully saturated rings. The summed E-state index contributed by atoms with van der Waals surface area (Å²) in [4.78, 5) is 12.2. The quantitative estimate of drug-likeness (QED) is 0.337. The molecule has 0 N–H and O–H groups in total. The Morgan fingerprint density at radius 3 is 2.56 bits per heavy atom. The highest BCUT2D eigenvalue weighted by molar-refractivity contribution is 9.10. The minimum absolute atomic E-state index is 0.408. The number of halogens is 2. The Labute approximate surface area is 170 Å². The molecule has 1 aliphatic heterocycles. The van der Waals surface area contributed by atoms with Crippen LogP contribution in [-0.2, 0) is 9.53 Å². The van der Waals surface area contributed by atoms with Gasteiger partial charge >= 0.3 is 5.97 Å². The van der Waals surface area contributed by atoms with Gasteiger partial charge in [0.05, 0.1) is 5.57 Å². The molecule has 0 spiro atoms. The van der Waals surface area contributed by atoms with Gasteiger partial charge in [-0.25, -0.2) is 4.79 Å². The number of ether oxygens (including phenoxy) is 1. The van der Waals surface area contributed by atoms with E-state index in [1.165, 1.54) is 0 Å². The Hall–Kier alpha value is -2.56. The van der Waals surface area contributed by atoms with Gasteiger partial charge in [0.2, 0.25) is 0 Å². The van der Waals surface area contributed by atoms with E-state index in [4.69, 9.17) is 20.8 Å². The van der Waals surface area contributed by atoms with E-state index in [1.54, 1.807) is 24.3 Å². The summed E-state index contributed by atoms with van der Waals surface area (Å²) >= 11 is 9.46. The third-order valence-corrected chi connectivity index (χ3v) is 5.08. The molecular weight excluding hydrogens is 428 g/mol. The summed E-state index contributed by atoms with van der Waals surface area (Å²) < 4.78 is 12.2. The van der Waals surface area contributed by atoms with Crippen LogP contribution in [0.4, 0.5) is 0 Å². The van der Waals surface area contributed by atoms with Crippen LogP contribution >= 0.6 is 27.5 Å². The van der Waals surface area contributed by atoms with Crippen LogP contribution in [-0.4, -0.2) is 5.97 Å². The van der Waals surface area contributed by atoms with Crippen LogP contribution in [0, 0.1) is 6.92 Å². The van der Waals surface area contributed by atoms with Crippen LogP contribution in [0.3, 0.4) is 0 Å². The van der Waals surface area contributed by atoms with Gasteiger partial charge in [0, 0.05) is 20.6 Å². The van der Waals surface area contributed by atoms with Crippen molar-refractivity contribution in [1.82, 2.24) is 0 Å². The summed E-state index contributed by atoms with van der Waals surface area (Å²) in [6.45, 7) is 2.03. The Morgan fingerprint density at radius 2 is 1.81 bits per heavy atom. The lowest BCUT2D eigenvalue weighted by molar-refractivity contribution is -0.130. The molecule has 0 unspecified atom stereocenters. The summed E-state index contributed by atoms with van der Waals surface area (Å²) in [5.74, 6) is 1.39. The van der Waals surface area contributed by atoms with Crippen molar-refractivity contribution in [3.8, 4) is 11.3 Å². The highest BCUT2D eigenvalue weighted by Crippen LogP contribution is 2.32. The Morgan fingerprint density at radius 1 is 1.04 bits per heavy atom. The minimum Gasteiger partial charge on any atom is -0.457 e. The number of aryl methyl sites for hydroxylation is 1. The average Bonchev–Trinajstić information content (AvgIpc) is 3.23. The summed E-state index contributed by atoms with van der Waals surface area (Å²) in [5, 5.41) is 0.629. The van der Waals surface area contributed by atoms with E-state index in [0.29, 0.717) is 22.1 Å². The molecule has 0 radical (unpaired) electrons. The maximum Gasteiger partial charge on any atom is 0.343 e. The number of rotatable bonds is 3. The zero-order valence-corrected chi connectivity index (χ0v) is 16.7. The number of hydrogen-bond acceptors (Lipinski definition) is 3. The molecule has 134 valence electrons. The van der Waals surface area contributed by atoms with Crippen molar-refractivity contribution in [3.63, 3.8) is 0 Å². The van der Waals surface area contributed by atoms with Crippen molar-refractivity contribution in [2.24, 2.45) is 0 Å². The second-order valence-electron chi connectivity index (χ2n) is 6.19. The van der Waals surface area contributed by atoms with E-state index in [2.05, 4.69) is 15.9 Å². The number of cyclic esters (lactones) is 1. The molecule has 0 saturated carbocycles. The first-order valence-corrected chi connectivity index (χ1v) is 9.44. The maximum absolute atomic E-state index is 12.2. The van der Waals surface area contributed by atoms with Crippen LogP contribution in [0.1, 0.15) is 16.9 Å². The summed E-state index contributed by atoms with van der Waals surface area (Å²) in [6, 6.07) is 16.9. The third-order valence-electron chi connectivity index (χ3n) is 4.17. The molecule has 0 atom stereocenters. The fourth-order valence-electron chi connectivity index (χ4n) is 2.79. The number of esters is 1. The third kappa shape index (κ3) is 3.77. The van der Waals surface area contributed by atoms with Gasteiger partial charge < -0.3 is 9.15 Å². The maximum atomic E-state index is 12.2. The van der Waals surface area contributed by atoms with Gasteiger partial charge in [0.15, 0.2) is 0 Å². The van der Waals surface area contributed by atoms with Crippen molar-refractivity contribution in [3.05, 3.63) is 92.6 Å². The second kappa shape index (κ2) is 7.22. The number of carbonyl (C=O) groups excluding carboxylic acids is 1. The topological polar surface area (TPSA) is 39.4 Å². The van der Waals surface area contributed by atoms with Gasteiger partial charge in [-0.15, -0.1) is 0 Å². The van der Waals surface area contributed by atoms with Gasteiger partial charge in [-0.05, 0) is 73.2 Å². The van der Waals surface area contributed by atoms with E-state index in [1.807, 2.05) is 49.4 Å². The average molecular weight is 442 g/mol. The zero-order valence-electron chi connectivity index (χ0n) is 14.3. The standard InChI is InChI=1S/C22H14BrClO3/c1-13-2-8-18(19(23)10-13)20-9-7-17(26-20)11-15-12-21(27-22(15)25)14-3-5-16(24)6-4-14/h2-12H,1H3. The van der Waals surface area contributed by atoms with E-state index in [9.17, 15) is 4.79 Å². The lowest BCUT2D eigenvalue weighted by Crippen LogP contribution is -1.96. The van der Waals surface area contributed by atoms with Gasteiger partial charge in [-0.1, -0.05) is 33.6 Å². The van der Waals surface area contributed by atoms with E-state index >= 15 is 0 Å². The monoisotopic (exact) mass is 440 g/mol. The van der Waals surface area contributed by atoms with Gasteiger partial charge in [-0.2, -0.15) is 0 Å². The minimum atomic E-state index is -0.408. The summed E-state index contributed by atoms with van der Waals surface area (Å²) in [7, 11) is 0. The fraction of sp³-hybridized carbons (Fsp3) is 0.0455. The van der Waals surface area contributed by atoms with E-state index in [0.717, 1.165) is 26.9 Å². The number of hydrogen-bond donors (Lipinski definition) is 0. The SMILES string of the molecule is Cc1ccc(-c2ccc(C=C3C=C(c4ccc(Cl)cc4)OC3=O)o2)c(Br)c1. The Kier molecular flexibility index (Phi) is 4.77. The molecule has 0 saturated heterocycles. The second-order valence-corrected chi connectivity index (χ2v) is 7.48. The van der Waals surface area contributed by atoms with E-state index < -0.39 is 5.97 Å². The van der Waals surface area contributed by atoms with Crippen molar-refractivity contribution < 1.29 is 13.9 Å². The molecule has 0 aliphatic carbocycles. The van der Waals surface area contributed by atoms with Crippen LogP contribution in [0.25, 0.3) is 23.2 Å². The Bertz CT molecular complexity index is 1090. The van der Waals surface area contributed by atoms with Gasteiger partial charge in [0.1, 0.15) is 17.3 Å². The molecule has 27 heavy (non-hydrogen) atoms. The molecule has 5 heteroatoms. The summed E-state index contributed by atoms with van der Waals surface area (Å²) in [5.41, 5.74) is 3.34. The van der Waals surface area contributed by atoms with Crippen LogP contribution < -0.4 is 0 Å². The lowest BCUT2D eigenvalue weighted by atomic mass is 10.1. The van der Waals surface area contributed by atoms with Crippen LogP contribution in [0.15, 0.2) is 75.1 Å². The first-order valence-electron chi connectivity index (χ1n) is 8.27. The largest absolute Gasteiger partial charge is 0.457 e. The first-order chi connectivity index (χ1) is 13.0. The highest BCUT2D eigenvalue weighted by atomic mass is 79.9. The van der Waals surface area contributed by atoms with Crippen molar-refractivity contribution in [2.45, 2.75) is 6.92 Å². The highest BCUT2D eigenvalue weighted by Gasteiger charge is 2.22. The molecule has 3 nitrogen and oxygen atoms in total. The fourth-order valence-corrected chi connectivity index (χ4v) is 3.61. The van der Waals surface area contributed by atoms with Crippen molar-refractivity contribution in [1.29, 1.82) is 0 Å². The predicted molar refractivity (Wildman–Crippen MR) is 110 cm³/mol. The molecule has 0 bridgehead atoms. The number of furan rings is 1. The molecule has 0 amide bonds. The molecule has 1 aliphatic rings. The smallest absolute Gasteiger partial charge is 0.343 e. The molecule has 4 rings (SSSR count). The number of benzene rings is 2. The lowest BCUT2D eigenvalue weighted by Gasteiger charge is -2.02. The number of carbonyl (C=O) groups is 1. The molecule has 1 aromatic heterocycles. The van der Waals surface area contributed by atoms with Crippen LogP contribution in [0.2, 0.25) is 5.02 Å². The van der Waals surface area contributed by atoms with Crippen molar-refractivity contribution >= 4 is 45.3 Å². The first kappa shape index (κ1) is 17.8. The molecule has 2 aromatic carbocycles. The van der Waals surface area contributed by atoms with Crippen LogP contribution in [0.5, 0.6) is 0 Å². The van der Waals surface area contributed by atoms with Gasteiger partial charge in [0.25, 0.3) is 0 Å². The zero-order chi connectivity index (χ0) is 19.0. The normalized spacial score (nSPS) is 15.1. The molecule has 2 heterocycles. The van der Waals surface area contributed by atoms with Crippen molar-refractivity contribution in [2.75, 3.05) is 0 Å². The predicted octanol–water partition coefficient (Wildman–Crippen LogP) is 6.65. The van der Waals surface area contributed by atoms with E-state index in [-0.39, 0.29) is 0 Å². The van der Waals surface area contributed by atoms with Gasteiger partial charge in [-0.3, -0.25) is 0 Å². The molecular formula is C22H14BrClO3. The summed E-state index contributed by atoms with van der Waals surface area (Å²) in [6.07, 6.45) is 3.38. The molecule has 3 aromatic rings. The Balaban J connectivity index is 1.63.